The smallest absolute Gasteiger partial charge is 0.340 e. The summed E-state index contributed by atoms with van der Waals surface area (Å²) in [5.41, 5.74) is -4.67. The van der Waals surface area contributed by atoms with Crippen molar-refractivity contribution in [2.24, 2.45) is 40.4 Å². The molecule has 1 spiro atoms. The molecule has 2 amide bonds. The van der Waals surface area contributed by atoms with E-state index in [2.05, 4.69) is 4.90 Å². The van der Waals surface area contributed by atoms with Gasteiger partial charge in [-0.15, -0.1) is 0 Å². The summed E-state index contributed by atoms with van der Waals surface area (Å²) >= 11 is 0. The Morgan fingerprint density at radius 2 is 1.83 bits per heavy atom. The molecule has 5 saturated carbocycles. The van der Waals surface area contributed by atoms with Gasteiger partial charge in [0.25, 0.3) is 0 Å². The molecular formula is C36H48N2O10. The van der Waals surface area contributed by atoms with Crippen molar-refractivity contribution in [3.8, 4) is 0 Å². The number of fused-ring (bicyclic) bond motifs is 2. The Bertz CT molecular complexity index is 1540. The van der Waals surface area contributed by atoms with E-state index in [1.807, 2.05) is 6.92 Å². The number of likely N-dealkylation sites (N-methyl/N-ethyl adjacent to an activating group) is 1. The van der Waals surface area contributed by atoms with Crippen LogP contribution in [0.2, 0.25) is 0 Å². The summed E-state index contributed by atoms with van der Waals surface area (Å²) in [5, 5.41) is 38.6. The Kier molecular flexibility index (Phi) is 7.35. The predicted octanol–water partition coefficient (Wildman–Crippen LogP) is 1.38. The molecule has 12 nitrogen and oxygen atoms in total. The molecule has 2 saturated heterocycles. The quantitative estimate of drug-likeness (QED) is 0.272. The lowest BCUT2D eigenvalue weighted by molar-refractivity contribution is -0.318. The molecule has 8 rings (SSSR count). The second-order valence-electron chi connectivity index (χ2n) is 15.7. The number of esters is 1. The molecule has 12 heteroatoms. The van der Waals surface area contributed by atoms with Crippen LogP contribution in [-0.4, -0.2) is 121 Å². The number of aliphatic hydroxyl groups excluding tert-OH is 1. The minimum absolute atomic E-state index is 0.0130. The van der Waals surface area contributed by atoms with Crippen LogP contribution < -0.4 is 4.90 Å². The van der Waals surface area contributed by atoms with E-state index in [1.54, 1.807) is 52.5 Å². The van der Waals surface area contributed by atoms with Crippen LogP contribution >= 0.6 is 0 Å². The molecule has 7 fully saturated rings. The van der Waals surface area contributed by atoms with Gasteiger partial charge in [-0.3, -0.25) is 14.5 Å². The van der Waals surface area contributed by atoms with E-state index in [0.29, 0.717) is 32.4 Å². The number of hydrogen-bond acceptors (Lipinski definition) is 11. The average Bonchev–Trinajstić information content (AvgIpc) is 3.61. The van der Waals surface area contributed by atoms with E-state index in [9.17, 15) is 29.7 Å². The largest absolute Gasteiger partial charge is 0.461 e. The fraction of sp³-hybridized carbons (Fsp3) is 0.750. The number of nitrogens with zero attached hydrogens (tertiary/aromatic N) is 2. The molecule has 0 radical (unpaired) electrons. The molecule has 14 atom stereocenters. The standard InChI is InChI=1S/C36H48N2O10/c1-6-37-16-33(17-48-31(42)19-9-7-8-10-22(19)38-25(40)13-18(2)30(38)41)12-11-24(39)35-21-14-20-23(45-3)15-34(43,26(21)27(20)46-4)36(44,32(35)37)29(47-5)28(33)35/h7-10,18,20-21,23-24,26-29,32,39,43-44H,6,11-17H2,1-5H3/t18-,20+,21+,23-,24-,26+,27-,28+,29-,32-,33-,34+,35-,36+/m0/s1. The highest BCUT2D eigenvalue weighted by molar-refractivity contribution is 6.22. The van der Waals surface area contributed by atoms with Crippen molar-refractivity contribution in [2.75, 3.05) is 45.9 Å². The topological polar surface area (TPSA) is 155 Å². The monoisotopic (exact) mass is 668 g/mol. The van der Waals surface area contributed by atoms with Crippen molar-refractivity contribution >= 4 is 23.5 Å². The fourth-order valence-corrected chi connectivity index (χ4v) is 12.9. The number of para-hydroxylation sites is 1. The maximum absolute atomic E-state index is 14.0. The molecule has 3 N–H and O–H groups in total. The first-order valence-corrected chi connectivity index (χ1v) is 17.5. The van der Waals surface area contributed by atoms with Gasteiger partial charge in [-0.1, -0.05) is 26.0 Å². The number of ether oxygens (including phenoxy) is 4. The third-order valence-corrected chi connectivity index (χ3v) is 14.3. The fourth-order valence-electron chi connectivity index (χ4n) is 12.9. The lowest BCUT2D eigenvalue weighted by Crippen LogP contribution is -2.82. The van der Waals surface area contributed by atoms with Crippen molar-refractivity contribution < 1.29 is 48.7 Å². The molecular weight excluding hydrogens is 620 g/mol. The number of imide groups is 1. The number of hydrogen-bond donors (Lipinski definition) is 3. The number of likely N-dealkylation sites (tertiary alicyclic amines) is 1. The number of rotatable bonds is 8. The van der Waals surface area contributed by atoms with Crippen molar-refractivity contribution in [1.82, 2.24) is 4.90 Å². The Labute approximate surface area is 280 Å². The van der Waals surface area contributed by atoms with E-state index in [-0.39, 0.29) is 66.6 Å². The summed E-state index contributed by atoms with van der Waals surface area (Å²) in [4.78, 5) is 43.0. The van der Waals surface area contributed by atoms with Crippen molar-refractivity contribution in [1.29, 1.82) is 0 Å². The number of methoxy groups -OCH3 is 3. The van der Waals surface area contributed by atoms with Crippen LogP contribution in [0, 0.1) is 40.4 Å². The minimum Gasteiger partial charge on any atom is -0.461 e. The molecule has 48 heavy (non-hydrogen) atoms. The van der Waals surface area contributed by atoms with Crippen LogP contribution in [0.25, 0.3) is 0 Å². The van der Waals surface area contributed by atoms with Gasteiger partial charge in [0, 0.05) is 75.2 Å². The second-order valence-corrected chi connectivity index (χ2v) is 15.7. The number of anilines is 1. The molecule has 7 bridgehead atoms. The third kappa shape index (κ3) is 3.62. The van der Waals surface area contributed by atoms with Crippen molar-refractivity contribution in [2.45, 2.75) is 87.6 Å². The zero-order chi connectivity index (χ0) is 34.1. The van der Waals surface area contributed by atoms with E-state index >= 15 is 0 Å². The Morgan fingerprint density at radius 3 is 2.48 bits per heavy atom. The van der Waals surface area contributed by atoms with Gasteiger partial charge < -0.3 is 34.3 Å². The lowest BCUT2D eigenvalue weighted by Gasteiger charge is -2.69. The molecule has 2 heterocycles. The van der Waals surface area contributed by atoms with Gasteiger partial charge >= 0.3 is 5.97 Å². The zero-order valence-electron chi connectivity index (χ0n) is 28.3. The van der Waals surface area contributed by atoms with Gasteiger partial charge in [0.2, 0.25) is 11.8 Å². The molecule has 1 aromatic carbocycles. The second kappa shape index (κ2) is 10.8. The molecule has 1 aromatic rings. The third-order valence-electron chi connectivity index (χ3n) is 14.3. The highest BCUT2D eigenvalue weighted by Gasteiger charge is 2.91. The van der Waals surface area contributed by atoms with Gasteiger partial charge in [-0.05, 0) is 43.9 Å². The van der Waals surface area contributed by atoms with Crippen LogP contribution in [0.3, 0.4) is 0 Å². The van der Waals surface area contributed by atoms with Crippen molar-refractivity contribution in [3.05, 3.63) is 29.8 Å². The Morgan fingerprint density at radius 1 is 1.08 bits per heavy atom. The number of carbonyl (C=O) groups excluding carboxylic acids is 3. The number of amides is 2. The molecule has 262 valence electrons. The lowest BCUT2D eigenvalue weighted by atomic mass is 9.42. The van der Waals surface area contributed by atoms with Gasteiger partial charge in [0.05, 0.1) is 48.3 Å². The van der Waals surface area contributed by atoms with Gasteiger partial charge in [0.15, 0.2) is 0 Å². The number of carbonyl (C=O) groups is 3. The summed E-state index contributed by atoms with van der Waals surface area (Å²) < 4.78 is 24.6. The van der Waals surface area contributed by atoms with Crippen LogP contribution in [0.4, 0.5) is 5.69 Å². The van der Waals surface area contributed by atoms with Crippen molar-refractivity contribution in [3.63, 3.8) is 0 Å². The Balaban J connectivity index is 1.22. The van der Waals surface area contributed by atoms with E-state index in [0.717, 1.165) is 4.90 Å². The minimum atomic E-state index is -1.77. The first-order valence-electron chi connectivity index (χ1n) is 17.5. The van der Waals surface area contributed by atoms with Gasteiger partial charge in [-0.25, -0.2) is 9.69 Å². The first-order chi connectivity index (χ1) is 22.9. The number of piperidine rings is 1. The van der Waals surface area contributed by atoms with Crippen LogP contribution in [0.15, 0.2) is 24.3 Å². The normalized spacial score (nSPS) is 48.7. The SMILES string of the molecule is CCN1C[C@]2(COC(=O)c3ccccc3N3C(=O)C[C@H](C)C3=O)CC[C@H](O)[C@@]34[C@@H]5C[C@H]6[C@H](OC)[C@@H]5[C@](O)(C[C@@H]6OC)[C@@](O)([C@@H](OC)[C@H]23)[C@@H]14. The number of aliphatic hydroxyl groups is 3. The molecule has 7 aliphatic rings. The average molecular weight is 669 g/mol. The molecule has 0 unspecified atom stereocenters. The summed E-state index contributed by atoms with van der Waals surface area (Å²) in [6, 6.07) is 5.91. The molecule has 5 aliphatic carbocycles. The summed E-state index contributed by atoms with van der Waals surface area (Å²) in [6.45, 7) is 4.71. The Hall–Kier alpha value is -2.45. The highest BCUT2D eigenvalue weighted by atomic mass is 16.5. The zero-order valence-corrected chi connectivity index (χ0v) is 28.3. The van der Waals surface area contributed by atoms with Gasteiger partial charge in [-0.2, -0.15) is 0 Å². The molecule has 0 aromatic heterocycles. The predicted molar refractivity (Wildman–Crippen MR) is 170 cm³/mol. The summed E-state index contributed by atoms with van der Waals surface area (Å²) in [7, 11) is 4.84. The maximum atomic E-state index is 14.0. The maximum Gasteiger partial charge on any atom is 0.340 e. The van der Waals surface area contributed by atoms with Gasteiger partial charge in [0.1, 0.15) is 11.2 Å². The van der Waals surface area contributed by atoms with E-state index in [1.165, 1.54) is 0 Å². The molecule has 2 aliphatic heterocycles. The number of benzene rings is 1. The van der Waals surface area contributed by atoms with Crippen LogP contribution in [-0.2, 0) is 28.5 Å². The van der Waals surface area contributed by atoms with E-state index < -0.39 is 64.0 Å². The van der Waals surface area contributed by atoms with Crippen LogP contribution in [0.5, 0.6) is 0 Å². The summed E-state index contributed by atoms with van der Waals surface area (Å²) in [6.07, 6.45) is -0.440. The van der Waals surface area contributed by atoms with Crippen LogP contribution in [0.1, 0.15) is 56.3 Å². The first kappa shape index (κ1) is 32.7. The van der Waals surface area contributed by atoms with E-state index in [4.69, 9.17) is 18.9 Å². The highest BCUT2D eigenvalue weighted by Crippen LogP contribution is 2.80. The summed E-state index contributed by atoms with van der Waals surface area (Å²) in [5.74, 6) is -2.94.